The molecule has 0 spiro atoms. The van der Waals surface area contributed by atoms with Crippen molar-refractivity contribution < 1.29 is 9.59 Å². The van der Waals surface area contributed by atoms with Crippen LogP contribution in [0.2, 0.25) is 0 Å². The zero-order chi connectivity index (χ0) is 20.1. The first-order chi connectivity index (χ1) is 12.7. The van der Waals surface area contributed by atoms with Gasteiger partial charge in [0.1, 0.15) is 6.04 Å². The van der Waals surface area contributed by atoms with E-state index in [1.807, 2.05) is 12.1 Å². The molecule has 0 fully saturated rings. The summed E-state index contributed by atoms with van der Waals surface area (Å²) in [5, 5.41) is 8.85. The fraction of sp³-hybridized carbons (Fsp3) is 0.235. The summed E-state index contributed by atoms with van der Waals surface area (Å²) in [6.07, 6.45) is 2.19. The van der Waals surface area contributed by atoms with Crippen LogP contribution in [0.5, 0.6) is 0 Å². The van der Waals surface area contributed by atoms with Crippen LogP contribution >= 0.6 is 0 Å². The van der Waals surface area contributed by atoms with Gasteiger partial charge in [0.2, 0.25) is 5.91 Å². The van der Waals surface area contributed by atoms with Gasteiger partial charge in [-0.2, -0.15) is 4.99 Å². The summed E-state index contributed by atoms with van der Waals surface area (Å²) < 4.78 is 0. The predicted molar refractivity (Wildman–Crippen MR) is 105 cm³/mol. The lowest BCUT2D eigenvalue weighted by Crippen LogP contribution is -2.48. The summed E-state index contributed by atoms with van der Waals surface area (Å²) in [4.78, 5) is 35.6. The van der Waals surface area contributed by atoms with Crippen molar-refractivity contribution >= 4 is 45.9 Å². The number of nitrogens with zero attached hydrogens (tertiary/aromatic N) is 3. The van der Waals surface area contributed by atoms with E-state index in [1.165, 1.54) is 11.9 Å². The van der Waals surface area contributed by atoms with E-state index in [-0.39, 0.29) is 11.8 Å². The standard InChI is InChI=1S/C17H22N8O2/c1-3-12(14(19)26)25(2)17(21)24-16(13(18)15(20)27)23-10-5-4-9-6-7-22-11(9)8-10/h4-8,12,18,22H,3H2,1-2H3,(H2,19,26)(H2,20,27)(H2,21,23,24)/t12-/m1/s1. The molecule has 10 heteroatoms. The lowest BCUT2D eigenvalue weighted by molar-refractivity contribution is -0.121. The number of benzene rings is 1. The van der Waals surface area contributed by atoms with Crippen molar-refractivity contribution in [2.45, 2.75) is 19.4 Å². The zero-order valence-corrected chi connectivity index (χ0v) is 15.1. The first-order valence-corrected chi connectivity index (χ1v) is 8.15. The van der Waals surface area contributed by atoms with E-state index in [0.717, 1.165) is 10.9 Å². The first-order valence-electron chi connectivity index (χ1n) is 8.15. The van der Waals surface area contributed by atoms with Crippen molar-refractivity contribution in [1.82, 2.24) is 9.88 Å². The Kier molecular flexibility index (Phi) is 5.91. The zero-order valence-electron chi connectivity index (χ0n) is 15.1. The summed E-state index contributed by atoms with van der Waals surface area (Å²) in [6, 6.07) is 6.48. The number of nitrogens with two attached hydrogens (primary N) is 3. The van der Waals surface area contributed by atoms with Crippen molar-refractivity contribution in [1.29, 1.82) is 5.41 Å². The molecule has 0 saturated heterocycles. The fourth-order valence-corrected chi connectivity index (χ4v) is 2.49. The molecule has 1 aromatic carbocycles. The summed E-state index contributed by atoms with van der Waals surface area (Å²) in [7, 11) is 1.54. The number of primary amides is 2. The number of nitrogens with one attached hydrogen (secondary N) is 2. The Morgan fingerprint density at radius 2 is 1.96 bits per heavy atom. The predicted octanol–water partition coefficient (Wildman–Crippen LogP) is 0.213. The number of likely N-dealkylation sites (N-methyl/N-ethyl adjacent to an activating group) is 1. The molecule has 0 aliphatic carbocycles. The fourth-order valence-electron chi connectivity index (χ4n) is 2.49. The molecule has 27 heavy (non-hydrogen) atoms. The Bertz CT molecular complexity index is 943. The van der Waals surface area contributed by atoms with Crippen molar-refractivity contribution in [3.8, 4) is 0 Å². The Hall–Kier alpha value is -3.69. The molecule has 8 N–H and O–H groups in total. The average Bonchev–Trinajstić information content (AvgIpc) is 3.08. The summed E-state index contributed by atoms with van der Waals surface area (Å²) in [6.45, 7) is 1.77. The second kappa shape index (κ2) is 8.13. The number of carbonyl (C=O) groups is 2. The molecule has 0 unspecified atom stereocenters. The van der Waals surface area contributed by atoms with Crippen LogP contribution < -0.4 is 17.2 Å². The lowest BCUT2D eigenvalue weighted by Gasteiger charge is -2.25. The van der Waals surface area contributed by atoms with Crippen molar-refractivity contribution in [3.05, 3.63) is 30.5 Å². The van der Waals surface area contributed by atoms with E-state index in [0.29, 0.717) is 12.1 Å². The van der Waals surface area contributed by atoms with E-state index in [2.05, 4.69) is 15.0 Å². The molecule has 1 aromatic heterocycles. The van der Waals surface area contributed by atoms with Crippen LogP contribution in [0.1, 0.15) is 13.3 Å². The van der Waals surface area contributed by atoms with Gasteiger partial charge in [0.25, 0.3) is 5.91 Å². The average molecular weight is 370 g/mol. The number of amides is 2. The maximum Gasteiger partial charge on any atom is 0.270 e. The van der Waals surface area contributed by atoms with Crippen LogP contribution in [0, 0.1) is 5.41 Å². The Morgan fingerprint density at radius 3 is 2.56 bits per heavy atom. The quantitative estimate of drug-likeness (QED) is 0.360. The molecule has 2 rings (SSSR count). The molecule has 2 amide bonds. The summed E-state index contributed by atoms with van der Waals surface area (Å²) >= 11 is 0. The van der Waals surface area contributed by atoms with E-state index >= 15 is 0 Å². The maximum absolute atomic E-state index is 11.5. The van der Waals surface area contributed by atoms with E-state index in [4.69, 9.17) is 22.6 Å². The van der Waals surface area contributed by atoms with Crippen LogP contribution in [-0.2, 0) is 9.59 Å². The largest absolute Gasteiger partial charge is 0.369 e. The van der Waals surface area contributed by atoms with Gasteiger partial charge in [-0.15, -0.1) is 0 Å². The van der Waals surface area contributed by atoms with Gasteiger partial charge in [-0.1, -0.05) is 13.0 Å². The molecule has 2 aromatic rings. The highest BCUT2D eigenvalue weighted by Gasteiger charge is 2.22. The highest BCUT2D eigenvalue weighted by atomic mass is 16.1. The summed E-state index contributed by atoms with van der Waals surface area (Å²) in [5.41, 5.74) is 17.2. The van der Waals surface area contributed by atoms with Crippen LogP contribution in [0.3, 0.4) is 0 Å². The number of H-pyrrole nitrogens is 1. The third-order valence-electron chi connectivity index (χ3n) is 4.01. The maximum atomic E-state index is 11.5. The minimum atomic E-state index is -1.00. The second-order valence-corrected chi connectivity index (χ2v) is 5.83. The second-order valence-electron chi connectivity index (χ2n) is 5.83. The molecular weight excluding hydrogens is 348 g/mol. The van der Waals surface area contributed by atoms with E-state index < -0.39 is 23.6 Å². The lowest BCUT2D eigenvalue weighted by atomic mass is 10.2. The molecule has 1 heterocycles. The number of aliphatic imine (C=N–C) groups is 2. The number of aromatic amines is 1. The number of carbonyl (C=O) groups excluding carboxylic acids is 2. The number of aromatic nitrogens is 1. The van der Waals surface area contributed by atoms with Crippen LogP contribution in [-0.4, -0.2) is 52.3 Å². The van der Waals surface area contributed by atoms with Gasteiger partial charge in [0, 0.05) is 18.8 Å². The molecule has 0 radical (unpaired) electrons. The Balaban J connectivity index is 2.46. The highest BCUT2D eigenvalue weighted by molar-refractivity contribution is 6.66. The highest BCUT2D eigenvalue weighted by Crippen LogP contribution is 2.20. The minimum Gasteiger partial charge on any atom is -0.369 e. The number of rotatable bonds is 6. The Labute approximate surface area is 155 Å². The molecule has 0 aliphatic heterocycles. The molecule has 0 bridgehead atoms. The number of hydrogen-bond donors (Lipinski definition) is 5. The van der Waals surface area contributed by atoms with E-state index in [9.17, 15) is 9.59 Å². The van der Waals surface area contributed by atoms with Crippen molar-refractivity contribution in [2.24, 2.45) is 27.2 Å². The van der Waals surface area contributed by atoms with Crippen LogP contribution in [0.15, 0.2) is 40.4 Å². The molecule has 142 valence electrons. The van der Waals surface area contributed by atoms with Crippen LogP contribution in [0.4, 0.5) is 5.69 Å². The minimum absolute atomic E-state index is 0.119. The van der Waals surface area contributed by atoms with Crippen molar-refractivity contribution in [3.63, 3.8) is 0 Å². The van der Waals surface area contributed by atoms with Gasteiger partial charge in [0.15, 0.2) is 17.5 Å². The molecular formula is C17H22N8O2. The monoisotopic (exact) mass is 370 g/mol. The SMILES string of the molecule is CC[C@H](C(N)=O)N(C)C(N)=NC(=Nc1ccc2cc[nH]c2c1)C(=N)C(N)=O. The summed E-state index contributed by atoms with van der Waals surface area (Å²) in [5.74, 6) is -1.96. The van der Waals surface area contributed by atoms with Gasteiger partial charge in [-0.3, -0.25) is 15.0 Å². The van der Waals surface area contributed by atoms with Gasteiger partial charge in [-0.05, 0) is 30.0 Å². The number of amidine groups is 1. The number of guanidine groups is 1. The third-order valence-corrected chi connectivity index (χ3v) is 4.01. The molecule has 0 saturated carbocycles. The van der Waals surface area contributed by atoms with Gasteiger partial charge in [-0.25, -0.2) is 4.99 Å². The van der Waals surface area contributed by atoms with Gasteiger partial charge < -0.3 is 27.1 Å². The topological polar surface area (TPSA) is 180 Å². The van der Waals surface area contributed by atoms with Gasteiger partial charge >= 0.3 is 0 Å². The first kappa shape index (κ1) is 19.6. The van der Waals surface area contributed by atoms with Crippen molar-refractivity contribution in [2.75, 3.05) is 7.05 Å². The third kappa shape index (κ3) is 4.48. The smallest absolute Gasteiger partial charge is 0.270 e. The molecule has 10 nitrogen and oxygen atoms in total. The number of hydrogen-bond acceptors (Lipinski definition) is 4. The normalized spacial score (nSPS) is 13.4. The molecule has 1 atom stereocenters. The molecule has 0 aliphatic rings. The van der Waals surface area contributed by atoms with Crippen LogP contribution in [0.25, 0.3) is 10.9 Å². The van der Waals surface area contributed by atoms with Gasteiger partial charge in [0.05, 0.1) is 5.69 Å². The van der Waals surface area contributed by atoms with E-state index in [1.54, 1.807) is 25.3 Å². The Morgan fingerprint density at radius 1 is 1.26 bits per heavy atom. The number of fused-ring (bicyclic) bond motifs is 1.